The van der Waals surface area contributed by atoms with Gasteiger partial charge in [-0.2, -0.15) is 0 Å². The number of rotatable bonds is 6. The summed E-state index contributed by atoms with van der Waals surface area (Å²) in [5, 5.41) is 9.10. The van der Waals surface area contributed by atoms with E-state index in [1.807, 2.05) is 0 Å². The molecule has 1 unspecified atom stereocenters. The van der Waals surface area contributed by atoms with Crippen LogP contribution in [0.5, 0.6) is 5.75 Å². The van der Waals surface area contributed by atoms with Gasteiger partial charge in [-0.3, -0.25) is 18.7 Å². The van der Waals surface area contributed by atoms with Crippen LogP contribution in [0, 0.1) is 5.92 Å². The van der Waals surface area contributed by atoms with Crippen LogP contribution in [0.4, 0.5) is 0 Å². The predicted octanol–water partition coefficient (Wildman–Crippen LogP) is 1.54. The molecule has 3 rings (SSSR count). The van der Waals surface area contributed by atoms with Gasteiger partial charge in [-0.25, -0.2) is 4.79 Å². The van der Waals surface area contributed by atoms with E-state index in [-0.39, 0.29) is 10.8 Å². The van der Waals surface area contributed by atoms with Crippen LogP contribution in [0.2, 0.25) is 0 Å². The molecular weight excluding hydrogens is 394 g/mol. The molecule has 1 amide bonds. The van der Waals surface area contributed by atoms with Gasteiger partial charge < -0.3 is 14.6 Å². The molecule has 0 bridgehead atoms. The first-order chi connectivity index (χ1) is 12.7. The Labute approximate surface area is 162 Å². The minimum atomic E-state index is -1.28. The molecular formula is C17H17NO7S2. The van der Waals surface area contributed by atoms with Crippen molar-refractivity contribution in [1.29, 1.82) is 0 Å². The van der Waals surface area contributed by atoms with Gasteiger partial charge in [0, 0.05) is 28.9 Å². The Morgan fingerprint density at radius 3 is 2.44 bits per heavy atom. The number of carboxylic acids is 1. The fourth-order valence-electron chi connectivity index (χ4n) is 2.95. The van der Waals surface area contributed by atoms with E-state index in [1.54, 1.807) is 37.4 Å². The molecule has 1 saturated heterocycles. The highest BCUT2D eigenvalue weighted by atomic mass is 32.2. The maximum atomic E-state index is 12.4. The summed E-state index contributed by atoms with van der Waals surface area (Å²) in [7, 11) is -1.14. The summed E-state index contributed by atoms with van der Waals surface area (Å²) in [6, 6.07) is 6.41. The molecule has 0 spiro atoms. The summed E-state index contributed by atoms with van der Waals surface area (Å²) in [5.41, 5.74) is -0.232. The second kappa shape index (κ2) is 7.35. The molecule has 2 aliphatic rings. The molecule has 1 aromatic rings. The fourth-order valence-corrected chi connectivity index (χ4v) is 4.93. The fraction of sp³-hybridized carbons (Fsp3) is 0.353. The number of carboxylic acid groups (broad SMARTS) is 1. The van der Waals surface area contributed by atoms with Crippen molar-refractivity contribution in [2.75, 3.05) is 6.26 Å². The van der Waals surface area contributed by atoms with E-state index in [1.165, 1.54) is 6.92 Å². The lowest BCUT2D eigenvalue weighted by Crippen LogP contribution is -2.61. The number of hydrogen-bond donors (Lipinski definition) is 1. The predicted molar refractivity (Wildman–Crippen MR) is 97.0 cm³/mol. The molecule has 1 fully saturated rings. The highest BCUT2D eigenvalue weighted by Gasteiger charge is 2.59. The third kappa shape index (κ3) is 3.59. The molecule has 0 saturated carbocycles. The number of esters is 1. The quantitative estimate of drug-likeness (QED) is 0.554. The van der Waals surface area contributed by atoms with Crippen LogP contribution in [0.3, 0.4) is 0 Å². The van der Waals surface area contributed by atoms with Gasteiger partial charge in [0.1, 0.15) is 23.1 Å². The first-order valence-electron chi connectivity index (χ1n) is 7.96. The second-order valence-corrected chi connectivity index (χ2v) is 8.49. The van der Waals surface area contributed by atoms with Crippen LogP contribution in [0.15, 0.2) is 39.9 Å². The maximum Gasteiger partial charge on any atom is 0.357 e. The minimum Gasteiger partial charge on any atom is -0.476 e. The van der Waals surface area contributed by atoms with E-state index in [0.29, 0.717) is 10.6 Å². The van der Waals surface area contributed by atoms with Gasteiger partial charge in [-0.05, 0) is 31.2 Å². The summed E-state index contributed by atoms with van der Waals surface area (Å²) >= 11 is 1.10. The summed E-state index contributed by atoms with van der Waals surface area (Å²) in [5.74, 6) is -2.48. The van der Waals surface area contributed by atoms with Gasteiger partial charge in [0.05, 0.1) is 0 Å². The van der Waals surface area contributed by atoms with Crippen molar-refractivity contribution in [3.8, 4) is 5.75 Å². The van der Waals surface area contributed by atoms with Gasteiger partial charge >= 0.3 is 11.9 Å². The standard InChI is InChI=1S/C17H17NO7S2/c1-8(24-9(2)19)12-14(20)18-13(16(21)22)17(26-15(12)18)25-10-4-6-11(7-5-10)27(3)23/h4-8,12,15H,1-3H3,(H,21,22)/t8-,12+,15-,27?/m1/s1. The van der Waals surface area contributed by atoms with Crippen LogP contribution in [0.1, 0.15) is 13.8 Å². The molecule has 2 aliphatic heterocycles. The topological polar surface area (TPSA) is 110 Å². The number of nitrogens with zero attached hydrogens (tertiary/aromatic N) is 1. The average Bonchev–Trinajstić information content (AvgIpc) is 2.89. The summed E-state index contributed by atoms with van der Waals surface area (Å²) in [6.07, 6.45) is 0.881. The zero-order valence-corrected chi connectivity index (χ0v) is 16.3. The molecule has 0 radical (unpaired) electrons. The van der Waals surface area contributed by atoms with Crippen molar-refractivity contribution in [2.24, 2.45) is 5.92 Å². The minimum absolute atomic E-state index is 0.0868. The molecule has 10 heteroatoms. The lowest BCUT2D eigenvalue weighted by molar-refractivity contribution is -0.165. The van der Waals surface area contributed by atoms with Gasteiger partial charge in [0.2, 0.25) is 5.91 Å². The molecule has 4 atom stereocenters. The van der Waals surface area contributed by atoms with E-state index in [9.17, 15) is 23.7 Å². The normalized spacial score (nSPS) is 23.4. The monoisotopic (exact) mass is 411 g/mol. The summed E-state index contributed by atoms with van der Waals surface area (Å²) < 4.78 is 22.2. The second-order valence-electron chi connectivity index (χ2n) is 6.03. The Bertz CT molecular complexity index is 865. The van der Waals surface area contributed by atoms with Crippen LogP contribution < -0.4 is 4.74 Å². The molecule has 27 heavy (non-hydrogen) atoms. The lowest BCUT2D eigenvalue weighted by atomic mass is 9.92. The number of hydrogen-bond acceptors (Lipinski definition) is 7. The molecule has 2 heterocycles. The SMILES string of the molecule is CC(=O)O[C@H](C)[C@H]1C(=O)N2C(C(=O)O)=C(Oc3ccc(S(C)=O)cc3)S[C@H]12. The number of β-lactam (4-membered cyclic amide) rings is 1. The number of benzene rings is 1. The van der Waals surface area contributed by atoms with E-state index in [0.717, 1.165) is 16.7 Å². The van der Waals surface area contributed by atoms with Gasteiger partial charge in [-0.15, -0.1) is 0 Å². The number of carbonyl (C=O) groups excluding carboxylic acids is 2. The average molecular weight is 411 g/mol. The summed E-state index contributed by atoms with van der Waals surface area (Å²) in [6.45, 7) is 2.85. The Kier molecular flexibility index (Phi) is 5.29. The maximum absolute atomic E-state index is 12.4. The van der Waals surface area contributed by atoms with E-state index < -0.39 is 46.0 Å². The molecule has 1 aromatic carbocycles. The van der Waals surface area contributed by atoms with Crippen molar-refractivity contribution < 1.29 is 33.2 Å². The lowest BCUT2D eigenvalue weighted by Gasteiger charge is -2.43. The van der Waals surface area contributed by atoms with Crippen molar-refractivity contribution in [1.82, 2.24) is 4.90 Å². The molecule has 144 valence electrons. The zero-order valence-electron chi connectivity index (χ0n) is 14.7. The highest BCUT2D eigenvalue weighted by Crippen LogP contribution is 2.51. The van der Waals surface area contributed by atoms with Crippen LogP contribution in [-0.2, 0) is 29.9 Å². The number of fused-ring (bicyclic) bond motifs is 1. The Hall–Kier alpha value is -2.33. The number of carbonyl (C=O) groups is 3. The smallest absolute Gasteiger partial charge is 0.357 e. The van der Waals surface area contributed by atoms with E-state index in [2.05, 4.69) is 0 Å². The Balaban J connectivity index is 1.81. The van der Waals surface area contributed by atoms with Gasteiger partial charge in [-0.1, -0.05) is 11.8 Å². The summed E-state index contributed by atoms with van der Waals surface area (Å²) in [4.78, 5) is 37.0. The molecule has 0 aromatic heterocycles. The third-order valence-corrected chi connectivity index (χ3v) is 6.34. The Morgan fingerprint density at radius 2 is 1.93 bits per heavy atom. The largest absolute Gasteiger partial charge is 0.476 e. The number of amides is 1. The van der Waals surface area contributed by atoms with Crippen molar-refractivity contribution in [2.45, 2.75) is 30.2 Å². The van der Waals surface area contributed by atoms with Crippen LogP contribution in [-0.4, -0.2) is 49.8 Å². The number of aliphatic carboxylic acids is 1. The number of ether oxygens (including phenoxy) is 2. The zero-order chi connectivity index (χ0) is 19.9. The first-order valence-corrected chi connectivity index (χ1v) is 10.4. The first kappa shape index (κ1) is 19.4. The number of thioether (sulfide) groups is 1. The molecule has 8 nitrogen and oxygen atoms in total. The molecule has 0 aliphatic carbocycles. The van der Waals surface area contributed by atoms with Crippen molar-refractivity contribution >= 4 is 40.4 Å². The van der Waals surface area contributed by atoms with Crippen LogP contribution >= 0.6 is 11.8 Å². The third-order valence-electron chi connectivity index (χ3n) is 4.17. The molecule has 1 N–H and O–H groups in total. The van der Waals surface area contributed by atoms with E-state index in [4.69, 9.17) is 9.47 Å². The van der Waals surface area contributed by atoms with Crippen LogP contribution in [0.25, 0.3) is 0 Å². The van der Waals surface area contributed by atoms with Crippen molar-refractivity contribution in [3.05, 3.63) is 35.1 Å². The highest BCUT2D eigenvalue weighted by molar-refractivity contribution is 8.03. The van der Waals surface area contributed by atoms with E-state index >= 15 is 0 Å². The Morgan fingerprint density at radius 1 is 1.30 bits per heavy atom. The van der Waals surface area contributed by atoms with Gasteiger partial charge in [0.25, 0.3) is 0 Å². The van der Waals surface area contributed by atoms with Gasteiger partial charge in [0.15, 0.2) is 10.8 Å². The van der Waals surface area contributed by atoms with Crippen molar-refractivity contribution in [3.63, 3.8) is 0 Å².